The summed E-state index contributed by atoms with van der Waals surface area (Å²) in [5.74, 6) is 0. The fourth-order valence-electron chi connectivity index (χ4n) is 0.648. The Morgan fingerprint density at radius 3 is 2.27 bits per heavy atom. The minimum absolute atomic E-state index is 0.162. The van der Waals surface area contributed by atoms with Crippen molar-refractivity contribution in [3.63, 3.8) is 0 Å². The first-order valence-electron chi connectivity index (χ1n) is 4.25. The first-order valence-corrected chi connectivity index (χ1v) is 4.25. The predicted molar refractivity (Wildman–Crippen MR) is 48.5 cm³/mol. The molecule has 2 heteroatoms. The van der Waals surface area contributed by atoms with Crippen LogP contribution < -0.4 is 5.73 Å². The van der Waals surface area contributed by atoms with Gasteiger partial charge in [-0.1, -0.05) is 20.8 Å². The monoisotopic (exact) mass is 159 g/mol. The van der Waals surface area contributed by atoms with Gasteiger partial charge in [0.25, 0.3) is 0 Å². The van der Waals surface area contributed by atoms with E-state index >= 15 is 0 Å². The van der Waals surface area contributed by atoms with E-state index < -0.39 is 0 Å². The predicted octanol–water partition coefficient (Wildman–Crippen LogP) is 1.79. The Morgan fingerprint density at radius 1 is 1.36 bits per heavy atom. The van der Waals surface area contributed by atoms with Crippen molar-refractivity contribution in [1.82, 2.24) is 0 Å². The van der Waals surface area contributed by atoms with Crippen LogP contribution in [0.4, 0.5) is 0 Å². The summed E-state index contributed by atoms with van der Waals surface area (Å²) in [6, 6.07) is 0.162. The average Bonchev–Trinajstić information content (AvgIpc) is 1.78. The van der Waals surface area contributed by atoms with Crippen LogP contribution in [0.2, 0.25) is 0 Å². The van der Waals surface area contributed by atoms with E-state index in [1.165, 1.54) is 0 Å². The second-order valence-corrected chi connectivity index (χ2v) is 4.36. The molecular weight excluding hydrogens is 138 g/mol. The van der Waals surface area contributed by atoms with Crippen LogP contribution in [0, 0.1) is 5.41 Å². The molecule has 11 heavy (non-hydrogen) atoms. The summed E-state index contributed by atoms with van der Waals surface area (Å²) < 4.78 is 5.35. The summed E-state index contributed by atoms with van der Waals surface area (Å²) in [4.78, 5) is 0. The van der Waals surface area contributed by atoms with Crippen LogP contribution in [0.5, 0.6) is 0 Å². The van der Waals surface area contributed by atoms with Crippen molar-refractivity contribution in [2.45, 2.75) is 40.2 Å². The van der Waals surface area contributed by atoms with E-state index in [2.05, 4.69) is 20.8 Å². The summed E-state index contributed by atoms with van der Waals surface area (Å²) >= 11 is 0. The second kappa shape index (κ2) is 4.73. The lowest BCUT2D eigenvalue weighted by molar-refractivity contribution is 0.100. The third-order valence-electron chi connectivity index (χ3n) is 1.38. The van der Waals surface area contributed by atoms with E-state index in [1.807, 2.05) is 6.92 Å². The summed E-state index contributed by atoms with van der Waals surface area (Å²) in [5.41, 5.74) is 5.89. The van der Waals surface area contributed by atoms with Crippen LogP contribution in [0.1, 0.15) is 34.1 Å². The summed E-state index contributed by atoms with van der Waals surface area (Å²) in [6.45, 7) is 10.1. The van der Waals surface area contributed by atoms with Gasteiger partial charge in [0.2, 0.25) is 0 Å². The molecule has 0 aromatic heterocycles. The molecule has 0 spiro atoms. The highest BCUT2D eigenvalue weighted by atomic mass is 16.5. The van der Waals surface area contributed by atoms with E-state index in [1.54, 1.807) is 0 Å². The van der Waals surface area contributed by atoms with Gasteiger partial charge in [0.1, 0.15) is 0 Å². The van der Waals surface area contributed by atoms with Crippen LogP contribution in [0.3, 0.4) is 0 Å². The Bertz CT molecular complexity index is 94.2. The minimum Gasteiger partial charge on any atom is -0.380 e. The SMILES string of the molecule is C[C@@H](N)COCCC(C)(C)C. The molecular formula is C9H21NO. The Kier molecular flexibility index (Phi) is 4.69. The zero-order valence-electron chi connectivity index (χ0n) is 8.18. The maximum absolute atomic E-state index is 5.52. The van der Waals surface area contributed by atoms with Crippen molar-refractivity contribution in [2.75, 3.05) is 13.2 Å². The Balaban J connectivity index is 3.15. The molecule has 0 saturated heterocycles. The molecule has 0 rings (SSSR count). The summed E-state index contributed by atoms with van der Waals surface area (Å²) in [5, 5.41) is 0. The van der Waals surface area contributed by atoms with Gasteiger partial charge in [0, 0.05) is 12.6 Å². The van der Waals surface area contributed by atoms with Crippen molar-refractivity contribution in [3.8, 4) is 0 Å². The van der Waals surface area contributed by atoms with Crippen molar-refractivity contribution < 1.29 is 4.74 Å². The van der Waals surface area contributed by atoms with E-state index in [0.717, 1.165) is 13.0 Å². The Hall–Kier alpha value is -0.0800. The normalized spacial score (nSPS) is 15.0. The molecule has 0 amide bonds. The lowest BCUT2D eigenvalue weighted by Gasteiger charge is -2.18. The van der Waals surface area contributed by atoms with Crippen molar-refractivity contribution in [1.29, 1.82) is 0 Å². The van der Waals surface area contributed by atoms with Gasteiger partial charge in [-0.05, 0) is 18.8 Å². The van der Waals surface area contributed by atoms with Gasteiger partial charge >= 0.3 is 0 Å². The van der Waals surface area contributed by atoms with E-state index in [9.17, 15) is 0 Å². The molecule has 0 bridgehead atoms. The fraction of sp³-hybridized carbons (Fsp3) is 1.00. The van der Waals surface area contributed by atoms with Gasteiger partial charge in [-0.25, -0.2) is 0 Å². The van der Waals surface area contributed by atoms with Crippen LogP contribution >= 0.6 is 0 Å². The Morgan fingerprint density at radius 2 is 1.91 bits per heavy atom. The van der Waals surface area contributed by atoms with Gasteiger partial charge < -0.3 is 10.5 Å². The largest absolute Gasteiger partial charge is 0.380 e. The first kappa shape index (κ1) is 10.9. The van der Waals surface area contributed by atoms with Gasteiger partial charge in [0.15, 0.2) is 0 Å². The van der Waals surface area contributed by atoms with Gasteiger partial charge in [-0.15, -0.1) is 0 Å². The first-order chi connectivity index (χ1) is 4.92. The summed E-state index contributed by atoms with van der Waals surface area (Å²) in [7, 11) is 0. The fourth-order valence-corrected chi connectivity index (χ4v) is 0.648. The zero-order valence-corrected chi connectivity index (χ0v) is 8.18. The highest BCUT2D eigenvalue weighted by Crippen LogP contribution is 2.17. The molecule has 2 nitrogen and oxygen atoms in total. The van der Waals surface area contributed by atoms with E-state index in [4.69, 9.17) is 10.5 Å². The number of rotatable bonds is 4. The topological polar surface area (TPSA) is 35.2 Å². The van der Waals surface area contributed by atoms with Crippen molar-refractivity contribution in [3.05, 3.63) is 0 Å². The molecule has 68 valence electrons. The number of hydrogen-bond donors (Lipinski definition) is 1. The minimum atomic E-state index is 0.162. The number of ether oxygens (including phenoxy) is 1. The maximum Gasteiger partial charge on any atom is 0.0614 e. The molecule has 0 radical (unpaired) electrons. The number of nitrogens with two attached hydrogens (primary N) is 1. The van der Waals surface area contributed by atoms with Gasteiger partial charge in [-0.3, -0.25) is 0 Å². The zero-order chi connectivity index (χ0) is 8.91. The molecule has 0 aromatic rings. The molecule has 0 fully saturated rings. The quantitative estimate of drug-likeness (QED) is 0.635. The third-order valence-corrected chi connectivity index (χ3v) is 1.38. The number of hydrogen-bond acceptors (Lipinski definition) is 2. The van der Waals surface area contributed by atoms with Gasteiger partial charge in [-0.2, -0.15) is 0 Å². The molecule has 2 N–H and O–H groups in total. The molecule has 0 aliphatic carbocycles. The molecule has 0 aromatic carbocycles. The van der Waals surface area contributed by atoms with Gasteiger partial charge in [0.05, 0.1) is 6.61 Å². The van der Waals surface area contributed by atoms with Crippen LogP contribution in [0.15, 0.2) is 0 Å². The molecule has 0 heterocycles. The van der Waals surface area contributed by atoms with Crippen LogP contribution in [-0.2, 0) is 4.74 Å². The molecule has 0 aliphatic rings. The van der Waals surface area contributed by atoms with Crippen LogP contribution in [0.25, 0.3) is 0 Å². The molecule has 0 unspecified atom stereocenters. The Labute approximate surface area is 70.1 Å². The second-order valence-electron chi connectivity index (χ2n) is 4.36. The third kappa shape index (κ3) is 9.92. The summed E-state index contributed by atoms with van der Waals surface area (Å²) in [6.07, 6.45) is 1.10. The highest BCUT2D eigenvalue weighted by molar-refractivity contribution is 4.60. The standard InChI is InChI=1S/C9H21NO/c1-8(10)7-11-6-5-9(2,3)4/h8H,5-7,10H2,1-4H3/t8-/m1/s1. The van der Waals surface area contributed by atoms with E-state index in [0.29, 0.717) is 12.0 Å². The molecule has 0 saturated carbocycles. The van der Waals surface area contributed by atoms with Crippen LogP contribution in [-0.4, -0.2) is 19.3 Å². The smallest absolute Gasteiger partial charge is 0.0614 e. The maximum atomic E-state index is 5.52. The molecule has 0 aliphatic heterocycles. The lowest BCUT2D eigenvalue weighted by atomic mass is 9.93. The molecule has 1 atom stereocenters. The lowest BCUT2D eigenvalue weighted by Crippen LogP contribution is -2.23. The van der Waals surface area contributed by atoms with E-state index in [-0.39, 0.29) is 6.04 Å². The van der Waals surface area contributed by atoms with Crippen molar-refractivity contribution in [2.24, 2.45) is 11.1 Å². The average molecular weight is 159 g/mol. The van der Waals surface area contributed by atoms with Crippen molar-refractivity contribution >= 4 is 0 Å². The highest BCUT2D eigenvalue weighted by Gasteiger charge is 2.09.